The van der Waals surface area contributed by atoms with E-state index in [9.17, 15) is 24.9 Å². The molecule has 0 saturated heterocycles. The normalized spacial score (nSPS) is 14.0. The lowest BCUT2D eigenvalue weighted by molar-refractivity contribution is 0.0242. The molecule has 3 aromatic carbocycles. The highest BCUT2D eigenvalue weighted by Crippen LogP contribution is 2.52. The number of phenols is 2. The summed E-state index contributed by atoms with van der Waals surface area (Å²) in [7, 11) is 0. The maximum atomic E-state index is 13.4. The van der Waals surface area contributed by atoms with E-state index in [4.69, 9.17) is 4.74 Å². The molecule has 182 valence electrons. The van der Waals surface area contributed by atoms with Crippen LogP contribution in [0.2, 0.25) is 0 Å². The highest BCUT2D eigenvalue weighted by molar-refractivity contribution is 6.06. The zero-order valence-corrected chi connectivity index (χ0v) is 20.4. The molecule has 1 aliphatic heterocycles. The lowest BCUT2D eigenvalue weighted by Gasteiger charge is -2.35. The summed E-state index contributed by atoms with van der Waals surface area (Å²) in [6.07, 6.45) is 2.19. The minimum atomic E-state index is -1.53. The third-order valence-electron chi connectivity index (χ3n) is 6.98. The van der Waals surface area contributed by atoms with E-state index in [1.807, 2.05) is 39.8 Å². The minimum Gasteiger partial charge on any atom is -0.508 e. The standard InChI is InChI=1S/C29H30O6/c1-5-16-12-22(18(7-3)24(30)14-16)29(23-13-17(6-2)15-25(31)19(23)8-4)21-11-9-10-20(27(32)33)26(21)28(34)35-29/h9-15,30-31H,5-8H2,1-4H3,(H,32,33). The molecule has 6 nitrogen and oxygen atoms in total. The molecule has 0 bridgehead atoms. The van der Waals surface area contributed by atoms with Gasteiger partial charge in [-0.15, -0.1) is 0 Å². The van der Waals surface area contributed by atoms with Crippen molar-refractivity contribution in [3.63, 3.8) is 0 Å². The van der Waals surface area contributed by atoms with Gasteiger partial charge in [0, 0.05) is 27.8 Å². The number of esters is 1. The van der Waals surface area contributed by atoms with E-state index in [0.29, 0.717) is 53.5 Å². The van der Waals surface area contributed by atoms with Crippen LogP contribution in [0.1, 0.15) is 87.4 Å². The lowest BCUT2D eigenvalue weighted by atomic mass is 9.73. The van der Waals surface area contributed by atoms with Crippen LogP contribution in [0, 0.1) is 0 Å². The van der Waals surface area contributed by atoms with Crippen LogP contribution < -0.4 is 0 Å². The second-order valence-corrected chi connectivity index (χ2v) is 8.80. The second kappa shape index (κ2) is 9.10. The Hall–Kier alpha value is -3.80. The molecule has 0 saturated carbocycles. The monoisotopic (exact) mass is 474 g/mol. The van der Waals surface area contributed by atoms with Crippen molar-refractivity contribution >= 4 is 11.9 Å². The first kappa shape index (κ1) is 24.3. The Morgan fingerprint density at radius 2 is 1.31 bits per heavy atom. The molecule has 3 N–H and O–H groups in total. The molecule has 0 unspecified atom stereocenters. The SMILES string of the molecule is CCc1cc(O)c(CC)c(C2(c3cc(CC)cc(O)c3CC)OC(=O)c3c(C(=O)O)cccc32)c1. The predicted octanol–water partition coefficient (Wildman–Crippen LogP) is 5.51. The van der Waals surface area contributed by atoms with Gasteiger partial charge in [-0.3, -0.25) is 0 Å². The van der Waals surface area contributed by atoms with Gasteiger partial charge in [-0.05, 0) is 55.0 Å². The molecule has 0 aromatic heterocycles. The number of rotatable bonds is 7. The van der Waals surface area contributed by atoms with E-state index >= 15 is 0 Å². The fourth-order valence-electron chi connectivity index (χ4n) is 5.24. The van der Waals surface area contributed by atoms with E-state index in [1.54, 1.807) is 24.3 Å². The van der Waals surface area contributed by atoms with Gasteiger partial charge in [-0.25, -0.2) is 9.59 Å². The number of hydrogen-bond donors (Lipinski definition) is 3. The molecule has 4 rings (SSSR count). The number of aromatic hydroxyl groups is 2. The van der Waals surface area contributed by atoms with Gasteiger partial charge < -0.3 is 20.1 Å². The molecule has 1 heterocycles. The first-order chi connectivity index (χ1) is 16.7. The molecule has 3 aromatic rings. The van der Waals surface area contributed by atoms with Gasteiger partial charge in [0.1, 0.15) is 11.5 Å². The Kier molecular flexibility index (Phi) is 6.32. The number of aryl methyl sites for hydroxylation is 2. The van der Waals surface area contributed by atoms with E-state index in [0.717, 1.165) is 11.1 Å². The van der Waals surface area contributed by atoms with Crippen molar-refractivity contribution in [2.24, 2.45) is 0 Å². The maximum Gasteiger partial charge on any atom is 0.341 e. The first-order valence-corrected chi connectivity index (χ1v) is 12.0. The Bertz CT molecular complexity index is 1280. The summed E-state index contributed by atoms with van der Waals surface area (Å²) in [5.41, 5.74) is 2.78. The fraction of sp³-hybridized carbons (Fsp3) is 0.310. The summed E-state index contributed by atoms with van der Waals surface area (Å²) >= 11 is 0. The summed E-state index contributed by atoms with van der Waals surface area (Å²) in [5.74, 6) is -1.79. The highest BCUT2D eigenvalue weighted by atomic mass is 16.6. The van der Waals surface area contributed by atoms with Gasteiger partial charge in [-0.1, -0.05) is 52.0 Å². The van der Waals surface area contributed by atoms with Crippen LogP contribution in [0.5, 0.6) is 11.5 Å². The number of benzene rings is 3. The molecule has 0 atom stereocenters. The van der Waals surface area contributed by atoms with Crippen LogP contribution in [0.25, 0.3) is 0 Å². The van der Waals surface area contributed by atoms with Gasteiger partial charge in [0.15, 0.2) is 5.60 Å². The van der Waals surface area contributed by atoms with Crippen LogP contribution in [-0.4, -0.2) is 27.3 Å². The number of fused-ring (bicyclic) bond motifs is 1. The zero-order valence-electron chi connectivity index (χ0n) is 20.4. The molecule has 6 heteroatoms. The second-order valence-electron chi connectivity index (χ2n) is 8.80. The van der Waals surface area contributed by atoms with Crippen molar-refractivity contribution in [2.45, 2.75) is 59.0 Å². The zero-order chi connectivity index (χ0) is 25.5. The molecule has 1 aliphatic rings. The maximum absolute atomic E-state index is 13.4. The summed E-state index contributed by atoms with van der Waals surface area (Å²) in [6, 6.07) is 12.0. The molecule has 0 aliphatic carbocycles. The van der Waals surface area contributed by atoms with Crippen molar-refractivity contribution in [3.8, 4) is 11.5 Å². The third kappa shape index (κ3) is 3.64. The predicted molar refractivity (Wildman–Crippen MR) is 132 cm³/mol. The number of carboxylic acid groups (broad SMARTS) is 1. The van der Waals surface area contributed by atoms with Crippen molar-refractivity contribution in [1.29, 1.82) is 0 Å². The van der Waals surface area contributed by atoms with Crippen molar-refractivity contribution in [2.75, 3.05) is 0 Å². The van der Waals surface area contributed by atoms with Crippen LogP contribution in [-0.2, 0) is 36.0 Å². The van der Waals surface area contributed by atoms with Crippen molar-refractivity contribution in [1.82, 2.24) is 0 Å². The fourth-order valence-corrected chi connectivity index (χ4v) is 5.24. The van der Waals surface area contributed by atoms with Crippen LogP contribution >= 0.6 is 0 Å². The number of carboxylic acids is 1. The number of hydrogen-bond acceptors (Lipinski definition) is 5. The number of phenolic OH excluding ortho intramolecular Hbond substituents is 2. The van der Waals surface area contributed by atoms with Crippen molar-refractivity contribution < 1.29 is 29.6 Å². The topological polar surface area (TPSA) is 104 Å². The van der Waals surface area contributed by atoms with Gasteiger partial charge in [0.25, 0.3) is 0 Å². The van der Waals surface area contributed by atoms with E-state index in [2.05, 4.69) is 0 Å². The minimum absolute atomic E-state index is 0.00751. The molecular weight excluding hydrogens is 444 g/mol. The third-order valence-corrected chi connectivity index (χ3v) is 6.98. The number of carbonyl (C=O) groups is 2. The Morgan fingerprint density at radius 3 is 1.74 bits per heavy atom. The summed E-state index contributed by atoms with van der Waals surface area (Å²) in [6.45, 7) is 7.75. The Morgan fingerprint density at radius 1 is 0.800 bits per heavy atom. The Labute approximate surface area is 204 Å². The van der Waals surface area contributed by atoms with Gasteiger partial charge in [-0.2, -0.15) is 0 Å². The molecular formula is C29H30O6. The highest BCUT2D eigenvalue weighted by Gasteiger charge is 2.52. The molecule has 0 spiro atoms. The number of ether oxygens (including phenoxy) is 1. The van der Waals surface area contributed by atoms with Gasteiger partial charge >= 0.3 is 11.9 Å². The summed E-state index contributed by atoms with van der Waals surface area (Å²) in [4.78, 5) is 25.5. The average molecular weight is 475 g/mol. The van der Waals surface area contributed by atoms with Gasteiger partial charge in [0.05, 0.1) is 11.1 Å². The summed E-state index contributed by atoms with van der Waals surface area (Å²) in [5, 5.41) is 31.8. The molecule has 0 fully saturated rings. The van der Waals surface area contributed by atoms with E-state index in [-0.39, 0.29) is 22.6 Å². The van der Waals surface area contributed by atoms with Crippen LogP contribution in [0.15, 0.2) is 42.5 Å². The van der Waals surface area contributed by atoms with E-state index in [1.165, 1.54) is 6.07 Å². The number of cyclic esters (lactones) is 1. The largest absolute Gasteiger partial charge is 0.508 e. The van der Waals surface area contributed by atoms with Gasteiger partial charge in [0.2, 0.25) is 0 Å². The lowest BCUT2D eigenvalue weighted by Crippen LogP contribution is -2.32. The average Bonchev–Trinajstić information content (AvgIpc) is 3.16. The van der Waals surface area contributed by atoms with Crippen molar-refractivity contribution in [3.05, 3.63) is 92.5 Å². The molecule has 0 amide bonds. The molecule has 0 radical (unpaired) electrons. The number of carbonyl (C=O) groups excluding carboxylic acids is 1. The number of aromatic carboxylic acids is 1. The van der Waals surface area contributed by atoms with Crippen LogP contribution in [0.3, 0.4) is 0 Å². The smallest absolute Gasteiger partial charge is 0.341 e. The summed E-state index contributed by atoms with van der Waals surface area (Å²) < 4.78 is 6.25. The quantitative estimate of drug-likeness (QED) is 0.390. The van der Waals surface area contributed by atoms with Crippen LogP contribution in [0.4, 0.5) is 0 Å². The first-order valence-electron chi connectivity index (χ1n) is 12.0. The Balaban J connectivity index is 2.26. The molecule has 35 heavy (non-hydrogen) atoms. The van der Waals surface area contributed by atoms with E-state index < -0.39 is 17.5 Å².